The van der Waals surface area contributed by atoms with Gasteiger partial charge in [-0.05, 0) is 24.3 Å². The van der Waals surface area contributed by atoms with E-state index in [0.717, 1.165) is 19.2 Å². The van der Waals surface area contributed by atoms with Gasteiger partial charge in [-0.1, -0.05) is 0 Å². The Hall–Kier alpha value is -1.71. The largest absolute Gasteiger partial charge is 0.463 e. The molecule has 0 saturated carbocycles. The molecule has 0 fully saturated rings. The molecule has 0 saturated heterocycles. The predicted molar refractivity (Wildman–Crippen MR) is 42.7 cm³/mol. The molecular weight excluding hydrogens is 175 g/mol. The van der Waals surface area contributed by atoms with E-state index >= 15 is 0 Å². The van der Waals surface area contributed by atoms with Gasteiger partial charge in [-0.3, -0.25) is 4.79 Å². The van der Waals surface area contributed by atoms with Crippen molar-refractivity contribution in [3.63, 3.8) is 0 Å². The first-order valence-corrected chi connectivity index (χ1v) is 3.53. The second-order valence-corrected chi connectivity index (χ2v) is 2.33. The van der Waals surface area contributed by atoms with Crippen LogP contribution in [0.2, 0.25) is 0 Å². The van der Waals surface area contributed by atoms with Crippen LogP contribution in [0.4, 0.5) is 4.39 Å². The van der Waals surface area contributed by atoms with Crippen LogP contribution in [0.3, 0.4) is 0 Å². The summed E-state index contributed by atoms with van der Waals surface area (Å²) >= 11 is 0. The SMILES string of the molecule is COC(=O)C(=O)c1ccc(F)cc1. The van der Waals surface area contributed by atoms with Crippen LogP contribution in [0.5, 0.6) is 0 Å². The summed E-state index contributed by atoms with van der Waals surface area (Å²) in [6, 6.07) is 4.68. The number of ketones is 1. The van der Waals surface area contributed by atoms with Gasteiger partial charge in [-0.2, -0.15) is 0 Å². The monoisotopic (exact) mass is 182 g/mol. The van der Waals surface area contributed by atoms with Crippen molar-refractivity contribution in [2.45, 2.75) is 0 Å². The van der Waals surface area contributed by atoms with Crippen molar-refractivity contribution in [2.24, 2.45) is 0 Å². The fraction of sp³-hybridized carbons (Fsp3) is 0.111. The highest BCUT2D eigenvalue weighted by Gasteiger charge is 2.15. The van der Waals surface area contributed by atoms with Crippen LogP contribution in [0.15, 0.2) is 24.3 Å². The van der Waals surface area contributed by atoms with Gasteiger partial charge in [0.25, 0.3) is 5.78 Å². The number of rotatable bonds is 2. The third kappa shape index (κ3) is 2.11. The summed E-state index contributed by atoms with van der Waals surface area (Å²) in [7, 11) is 1.11. The molecule has 3 nitrogen and oxygen atoms in total. The molecule has 0 aliphatic heterocycles. The van der Waals surface area contributed by atoms with E-state index in [1.807, 2.05) is 0 Å². The molecule has 0 spiro atoms. The minimum Gasteiger partial charge on any atom is -0.463 e. The van der Waals surface area contributed by atoms with E-state index in [1.54, 1.807) is 0 Å². The fourth-order valence-corrected chi connectivity index (χ4v) is 0.812. The van der Waals surface area contributed by atoms with E-state index in [4.69, 9.17) is 0 Å². The Labute approximate surface area is 74.1 Å². The zero-order chi connectivity index (χ0) is 9.84. The summed E-state index contributed by atoms with van der Waals surface area (Å²) in [6.07, 6.45) is 0. The first-order chi connectivity index (χ1) is 6.15. The molecule has 0 radical (unpaired) electrons. The number of halogens is 1. The molecule has 0 N–H and O–H groups in total. The minimum atomic E-state index is -0.952. The van der Waals surface area contributed by atoms with E-state index in [-0.39, 0.29) is 5.56 Å². The van der Waals surface area contributed by atoms with Gasteiger partial charge in [0.15, 0.2) is 0 Å². The molecule has 0 atom stereocenters. The second kappa shape index (κ2) is 3.80. The predicted octanol–water partition coefficient (Wildman–Crippen LogP) is 1.18. The molecule has 0 bridgehead atoms. The van der Waals surface area contributed by atoms with E-state index < -0.39 is 17.6 Å². The molecule has 0 amide bonds. The zero-order valence-electron chi connectivity index (χ0n) is 6.91. The lowest BCUT2D eigenvalue weighted by molar-refractivity contribution is -0.135. The highest BCUT2D eigenvalue weighted by Crippen LogP contribution is 2.04. The summed E-state index contributed by atoms with van der Waals surface area (Å²) < 4.78 is 16.6. The van der Waals surface area contributed by atoms with E-state index in [2.05, 4.69) is 4.74 Å². The van der Waals surface area contributed by atoms with Gasteiger partial charge in [0.1, 0.15) is 5.82 Å². The average molecular weight is 182 g/mol. The lowest BCUT2D eigenvalue weighted by Gasteiger charge is -1.97. The number of hydrogen-bond donors (Lipinski definition) is 0. The molecule has 68 valence electrons. The lowest BCUT2D eigenvalue weighted by Crippen LogP contribution is -2.15. The second-order valence-electron chi connectivity index (χ2n) is 2.33. The normalized spacial score (nSPS) is 9.38. The maximum absolute atomic E-state index is 12.4. The van der Waals surface area contributed by atoms with E-state index in [1.165, 1.54) is 12.1 Å². The Morgan fingerprint density at radius 3 is 2.23 bits per heavy atom. The molecule has 13 heavy (non-hydrogen) atoms. The quantitative estimate of drug-likeness (QED) is 0.392. The van der Waals surface area contributed by atoms with Crippen molar-refractivity contribution in [1.29, 1.82) is 0 Å². The number of benzene rings is 1. The van der Waals surface area contributed by atoms with Crippen LogP contribution in [0.25, 0.3) is 0 Å². The van der Waals surface area contributed by atoms with Crippen molar-refractivity contribution < 1.29 is 18.7 Å². The molecule has 1 rings (SSSR count). The summed E-state index contributed by atoms with van der Waals surface area (Å²) in [5.41, 5.74) is 0.119. The van der Waals surface area contributed by atoms with Crippen LogP contribution in [-0.2, 0) is 9.53 Å². The van der Waals surface area contributed by atoms with Crippen LogP contribution in [0, 0.1) is 5.82 Å². The number of Topliss-reactive ketones (excluding diaryl/α,β-unsaturated/α-hetero) is 1. The number of esters is 1. The smallest absolute Gasteiger partial charge is 0.379 e. The summed E-state index contributed by atoms with van der Waals surface area (Å²) in [6.45, 7) is 0. The summed E-state index contributed by atoms with van der Waals surface area (Å²) in [4.78, 5) is 21.8. The van der Waals surface area contributed by atoms with Crippen LogP contribution in [0.1, 0.15) is 10.4 Å². The lowest BCUT2D eigenvalue weighted by atomic mass is 10.1. The number of carbonyl (C=O) groups excluding carboxylic acids is 2. The number of methoxy groups -OCH3 is 1. The minimum absolute atomic E-state index is 0.119. The van der Waals surface area contributed by atoms with Crippen molar-refractivity contribution in [2.75, 3.05) is 7.11 Å². The van der Waals surface area contributed by atoms with Gasteiger partial charge in [-0.25, -0.2) is 9.18 Å². The highest BCUT2D eigenvalue weighted by atomic mass is 19.1. The third-order valence-corrected chi connectivity index (χ3v) is 1.48. The standard InChI is InChI=1S/C9H7FO3/c1-13-9(12)8(11)6-2-4-7(10)5-3-6/h2-5H,1H3. The Morgan fingerprint density at radius 2 is 1.77 bits per heavy atom. The Balaban J connectivity index is 2.90. The van der Waals surface area contributed by atoms with Gasteiger partial charge in [-0.15, -0.1) is 0 Å². The summed E-state index contributed by atoms with van der Waals surface area (Å²) in [5.74, 6) is -2.18. The van der Waals surface area contributed by atoms with E-state index in [9.17, 15) is 14.0 Å². The van der Waals surface area contributed by atoms with Gasteiger partial charge in [0.2, 0.25) is 0 Å². The van der Waals surface area contributed by atoms with Crippen LogP contribution >= 0.6 is 0 Å². The van der Waals surface area contributed by atoms with Gasteiger partial charge >= 0.3 is 5.97 Å². The van der Waals surface area contributed by atoms with Crippen molar-refractivity contribution in [3.8, 4) is 0 Å². The van der Waals surface area contributed by atoms with Gasteiger partial charge in [0, 0.05) is 5.56 Å². The molecule has 4 heteroatoms. The van der Waals surface area contributed by atoms with E-state index in [0.29, 0.717) is 0 Å². The Kier molecular flexibility index (Phi) is 2.74. The van der Waals surface area contributed by atoms with Crippen molar-refractivity contribution >= 4 is 11.8 Å². The van der Waals surface area contributed by atoms with Crippen LogP contribution < -0.4 is 0 Å². The van der Waals surface area contributed by atoms with Crippen molar-refractivity contribution in [1.82, 2.24) is 0 Å². The molecular formula is C9H7FO3. The number of carbonyl (C=O) groups is 2. The third-order valence-electron chi connectivity index (χ3n) is 1.48. The van der Waals surface area contributed by atoms with Crippen molar-refractivity contribution in [3.05, 3.63) is 35.6 Å². The average Bonchev–Trinajstić information content (AvgIpc) is 2.17. The molecule has 0 unspecified atom stereocenters. The number of hydrogen-bond acceptors (Lipinski definition) is 3. The number of ether oxygens (including phenoxy) is 1. The fourth-order valence-electron chi connectivity index (χ4n) is 0.812. The molecule has 1 aromatic rings. The highest BCUT2D eigenvalue weighted by molar-refractivity contribution is 6.40. The zero-order valence-corrected chi connectivity index (χ0v) is 6.91. The van der Waals surface area contributed by atoms with Crippen LogP contribution in [-0.4, -0.2) is 18.9 Å². The maximum Gasteiger partial charge on any atom is 0.379 e. The first-order valence-electron chi connectivity index (χ1n) is 3.53. The maximum atomic E-state index is 12.4. The van der Waals surface area contributed by atoms with Gasteiger partial charge in [0.05, 0.1) is 7.11 Å². The molecule has 0 aliphatic carbocycles. The topological polar surface area (TPSA) is 43.4 Å². The molecule has 0 aliphatic rings. The molecule has 0 heterocycles. The molecule has 1 aromatic carbocycles. The summed E-state index contributed by atoms with van der Waals surface area (Å²) in [5, 5.41) is 0. The Morgan fingerprint density at radius 1 is 1.23 bits per heavy atom. The first kappa shape index (κ1) is 9.38. The Bertz CT molecular complexity index is 329. The van der Waals surface area contributed by atoms with Gasteiger partial charge < -0.3 is 4.74 Å². The molecule has 0 aromatic heterocycles.